The molecular weight excluding hydrogens is 330 g/mol. The number of anilines is 1. The van der Waals surface area contributed by atoms with Crippen LogP contribution in [0.4, 0.5) is 5.69 Å². The van der Waals surface area contributed by atoms with Gasteiger partial charge in [0.05, 0.1) is 0 Å². The van der Waals surface area contributed by atoms with E-state index in [1.807, 2.05) is 0 Å². The fourth-order valence-corrected chi connectivity index (χ4v) is 2.61. The van der Waals surface area contributed by atoms with E-state index in [1.54, 1.807) is 48.5 Å². The number of halogens is 1. The van der Waals surface area contributed by atoms with E-state index in [-0.39, 0.29) is 16.5 Å². The van der Waals surface area contributed by atoms with Crippen molar-refractivity contribution in [3.05, 3.63) is 70.4 Å². The number of hydrogen-bond acceptors (Lipinski definition) is 5. The van der Waals surface area contributed by atoms with Gasteiger partial charge in [-0.15, -0.1) is 0 Å². The Bertz CT molecular complexity index is 884. The molecule has 1 N–H and O–H groups in total. The second-order valence-corrected chi connectivity index (χ2v) is 5.51. The van der Waals surface area contributed by atoms with Crippen LogP contribution in [0, 0.1) is 0 Å². The van der Waals surface area contributed by atoms with Crippen molar-refractivity contribution in [1.82, 2.24) is 0 Å². The molecule has 0 heterocycles. The molecule has 0 aliphatic heterocycles. The molecule has 0 radical (unpaired) electrons. The fraction of sp³-hybridized carbons (Fsp3) is 0.0556. The summed E-state index contributed by atoms with van der Waals surface area (Å²) in [6.07, 6.45) is 0. The first-order valence-electron chi connectivity index (χ1n) is 7.11. The highest BCUT2D eigenvalue weighted by Gasteiger charge is 2.31. The smallest absolute Gasteiger partial charge is 0.308 e. The van der Waals surface area contributed by atoms with Crippen molar-refractivity contribution in [3.63, 3.8) is 0 Å². The van der Waals surface area contributed by atoms with Gasteiger partial charge in [0, 0.05) is 23.7 Å². The van der Waals surface area contributed by atoms with Gasteiger partial charge in [-0.05, 0) is 24.3 Å². The molecule has 2 aromatic carbocycles. The maximum absolute atomic E-state index is 12.6. The minimum Gasteiger partial charge on any atom is -0.427 e. The lowest BCUT2D eigenvalue weighted by Gasteiger charge is -2.19. The van der Waals surface area contributed by atoms with Crippen molar-refractivity contribution in [2.45, 2.75) is 6.92 Å². The number of hydrogen-bond donors (Lipinski definition) is 1. The van der Waals surface area contributed by atoms with Crippen LogP contribution in [-0.2, 0) is 4.79 Å². The molecule has 3 rings (SSSR count). The molecule has 0 atom stereocenters. The van der Waals surface area contributed by atoms with E-state index in [1.165, 1.54) is 6.92 Å². The Morgan fingerprint density at radius 1 is 0.958 bits per heavy atom. The maximum Gasteiger partial charge on any atom is 0.308 e. The lowest BCUT2D eigenvalue weighted by molar-refractivity contribution is -0.131. The monoisotopic (exact) mass is 341 g/mol. The van der Waals surface area contributed by atoms with E-state index in [4.69, 9.17) is 16.3 Å². The number of carbonyl (C=O) groups is 3. The molecule has 0 saturated carbocycles. The normalized spacial score (nSPS) is 13.6. The van der Waals surface area contributed by atoms with Crippen LogP contribution < -0.4 is 10.1 Å². The average molecular weight is 342 g/mol. The molecule has 0 amide bonds. The quantitative estimate of drug-likeness (QED) is 0.682. The first-order valence-corrected chi connectivity index (χ1v) is 7.49. The van der Waals surface area contributed by atoms with Crippen molar-refractivity contribution in [2.24, 2.45) is 0 Å². The summed E-state index contributed by atoms with van der Waals surface area (Å²) in [5, 5.41) is 2.72. The highest BCUT2D eigenvalue weighted by Crippen LogP contribution is 2.29. The summed E-state index contributed by atoms with van der Waals surface area (Å²) in [5.41, 5.74) is 1.18. The van der Waals surface area contributed by atoms with E-state index >= 15 is 0 Å². The lowest BCUT2D eigenvalue weighted by atomic mass is 9.92. The van der Waals surface area contributed by atoms with Crippen LogP contribution in [0.15, 0.2) is 59.3 Å². The SMILES string of the molecule is CC(=O)Oc1ccc(NC2=C(Cl)C(=O)c3ccccc3C2=O)cc1. The number of esters is 1. The predicted molar refractivity (Wildman–Crippen MR) is 89.4 cm³/mol. The number of rotatable bonds is 3. The molecule has 0 fully saturated rings. The average Bonchev–Trinajstić information content (AvgIpc) is 2.58. The topological polar surface area (TPSA) is 72.5 Å². The number of benzene rings is 2. The van der Waals surface area contributed by atoms with Crippen molar-refractivity contribution in [1.29, 1.82) is 0 Å². The second kappa shape index (κ2) is 6.29. The zero-order valence-electron chi connectivity index (χ0n) is 12.6. The van der Waals surface area contributed by atoms with Gasteiger partial charge in [-0.2, -0.15) is 0 Å². The second-order valence-electron chi connectivity index (χ2n) is 5.14. The summed E-state index contributed by atoms with van der Waals surface area (Å²) >= 11 is 6.08. The van der Waals surface area contributed by atoms with Crippen molar-refractivity contribution < 1.29 is 19.1 Å². The van der Waals surface area contributed by atoms with Crippen LogP contribution >= 0.6 is 11.6 Å². The van der Waals surface area contributed by atoms with Crippen molar-refractivity contribution in [2.75, 3.05) is 5.32 Å². The lowest BCUT2D eigenvalue weighted by Crippen LogP contribution is -2.24. The summed E-state index contributed by atoms with van der Waals surface area (Å²) in [6.45, 7) is 1.31. The maximum atomic E-state index is 12.6. The fourth-order valence-electron chi connectivity index (χ4n) is 2.37. The third-order valence-electron chi connectivity index (χ3n) is 3.45. The first-order chi connectivity index (χ1) is 11.5. The number of nitrogens with one attached hydrogen (secondary N) is 1. The van der Waals surface area contributed by atoms with Crippen LogP contribution in [0.1, 0.15) is 27.6 Å². The third kappa shape index (κ3) is 2.94. The summed E-state index contributed by atoms with van der Waals surface area (Å²) in [5.74, 6) is -0.791. The van der Waals surface area contributed by atoms with Crippen molar-refractivity contribution >= 4 is 34.8 Å². The third-order valence-corrected chi connectivity index (χ3v) is 3.81. The Hall–Kier alpha value is -2.92. The van der Waals surface area contributed by atoms with E-state index in [2.05, 4.69) is 5.32 Å². The van der Waals surface area contributed by atoms with Crippen molar-refractivity contribution in [3.8, 4) is 5.75 Å². The van der Waals surface area contributed by atoms with Crippen LogP contribution in [0.5, 0.6) is 5.75 Å². The largest absolute Gasteiger partial charge is 0.427 e. The number of carbonyl (C=O) groups excluding carboxylic acids is 3. The molecule has 0 unspecified atom stereocenters. The predicted octanol–water partition coefficient (Wildman–Crippen LogP) is 3.55. The summed E-state index contributed by atoms with van der Waals surface area (Å²) in [7, 11) is 0. The van der Waals surface area contributed by atoms with Gasteiger partial charge in [0.1, 0.15) is 16.5 Å². The Morgan fingerprint density at radius 3 is 2.12 bits per heavy atom. The highest BCUT2D eigenvalue weighted by atomic mass is 35.5. The van der Waals surface area contributed by atoms with Gasteiger partial charge in [-0.25, -0.2) is 0 Å². The molecule has 24 heavy (non-hydrogen) atoms. The minimum atomic E-state index is -0.425. The number of fused-ring (bicyclic) bond motifs is 1. The molecular formula is C18H12ClNO4. The zero-order chi connectivity index (χ0) is 17.3. The van der Waals surface area contributed by atoms with E-state index in [0.717, 1.165) is 0 Å². The first kappa shape index (κ1) is 16.0. The Labute approximate surface area is 142 Å². The van der Waals surface area contributed by atoms with E-state index in [0.29, 0.717) is 22.6 Å². The molecule has 0 bridgehead atoms. The Morgan fingerprint density at radius 2 is 1.54 bits per heavy atom. The Balaban J connectivity index is 1.90. The van der Waals surface area contributed by atoms with Gasteiger partial charge in [0.25, 0.3) is 0 Å². The molecule has 2 aromatic rings. The summed E-state index contributed by atoms with van der Waals surface area (Å²) in [4.78, 5) is 35.8. The zero-order valence-corrected chi connectivity index (χ0v) is 13.4. The molecule has 120 valence electrons. The van der Waals surface area contributed by atoms with Crippen LogP contribution in [0.3, 0.4) is 0 Å². The van der Waals surface area contributed by atoms with Gasteiger partial charge in [0.2, 0.25) is 11.6 Å². The standard InChI is InChI=1S/C18H12ClNO4/c1-10(21)24-12-8-6-11(7-9-12)20-16-15(19)17(22)13-4-2-3-5-14(13)18(16)23/h2-9,20H,1H3. The number of Topliss-reactive ketones (excluding diaryl/α,β-unsaturated/α-hetero) is 2. The molecule has 0 spiro atoms. The number of ether oxygens (including phenoxy) is 1. The minimum absolute atomic E-state index is 0.0283. The molecule has 5 nitrogen and oxygen atoms in total. The number of ketones is 2. The van der Waals surface area contributed by atoms with Gasteiger partial charge in [-0.3, -0.25) is 14.4 Å². The molecule has 6 heteroatoms. The molecule has 1 aliphatic rings. The van der Waals surface area contributed by atoms with Crippen LogP contribution in [0.25, 0.3) is 0 Å². The van der Waals surface area contributed by atoms with E-state index in [9.17, 15) is 14.4 Å². The summed E-state index contributed by atoms with van der Waals surface area (Å²) in [6, 6.07) is 12.9. The highest BCUT2D eigenvalue weighted by molar-refractivity contribution is 6.50. The number of allylic oxidation sites excluding steroid dienone is 2. The van der Waals surface area contributed by atoms with Gasteiger partial charge in [0.15, 0.2) is 0 Å². The summed E-state index contributed by atoms with van der Waals surface area (Å²) < 4.78 is 4.94. The molecule has 0 aromatic heterocycles. The molecule has 1 aliphatic carbocycles. The Kier molecular flexibility index (Phi) is 4.18. The molecule has 0 saturated heterocycles. The van der Waals surface area contributed by atoms with Gasteiger partial charge < -0.3 is 10.1 Å². The van der Waals surface area contributed by atoms with Gasteiger partial charge >= 0.3 is 5.97 Å². The van der Waals surface area contributed by atoms with Crippen LogP contribution in [-0.4, -0.2) is 17.5 Å². The van der Waals surface area contributed by atoms with E-state index < -0.39 is 11.8 Å². The van der Waals surface area contributed by atoms with Crippen LogP contribution in [0.2, 0.25) is 0 Å². The van der Waals surface area contributed by atoms with Gasteiger partial charge in [-0.1, -0.05) is 35.9 Å².